The molecule has 1 saturated carbocycles. The molecule has 1 unspecified atom stereocenters. The molecule has 2 rings (SSSR count). The summed E-state index contributed by atoms with van der Waals surface area (Å²) < 4.78 is 0. The van der Waals surface area contributed by atoms with Crippen LogP contribution in [-0.4, -0.2) is 46.6 Å². The van der Waals surface area contributed by atoms with E-state index in [1.165, 1.54) is 0 Å². The van der Waals surface area contributed by atoms with E-state index >= 15 is 0 Å². The molecule has 0 aromatic carbocycles. The number of amides is 2. The van der Waals surface area contributed by atoms with Gasteiger partial charge in [0.05, 0.1) is 11.5 Å². The predicted octanol–water partition coefficient (Wildman–Crippen LogP) is -0.116. The zero-order valence-electron chi connectivity index (χ0n) is 10.4. The molecular weight excluding hydrogens is 220 g/mol. The molecule has 0 spiro atoms. The van der Waals surface area contributed by atoms with Gasteiger partial charge in [-0.25, -0.2) is 0 Å². The van der Waals surface area contributed by atoms with E-state index in [1.807, 2.05) is 4.90 Å². The highest BCUT2D eigenvalue weighted by Gasteiger charge is 2.41. The summed E-state index contributed by atoms with van der Waals surface area (Å²) in [6, 6.07) is 0.384. The number of carbonyl (C=O) groups is 2. The maximum Gasteiger partial charge on any atom is 0.225 e. The number of nitrogens with zero attached hydrogens (tertiary/aromatic N) is 1. The van der Waals surface area contributed by atoms with Gasteiger partial charge in [-0.15, -0.1) is 0 Å². The van der Waals surface area contributed by atoms with Gasteiger partial charge in [-0.05, 0) is 26.7 Å². The minimum Gasteiger partial charge on any atom is -0.389 e. The van der Waals surface area contributed by atoms with Crippen LogP contribution in [0.2, 0.25) is 0 Å². The van der Waals surface area contributed by atoms with Crippen molar-refractivity contribution in [3.63, 3.8) is 0 Å². The SMILES string of the molecule is CC(C)(O)CNC(=O)C1CC(=O)N(C2CC2)C1. The summed E-state index contributed by atoms with van der Waals surface area (Å²) in [4.78, 5) is 25.3. The normalized spacial score (nSPS) is 25.2. The smallest absolute Gasteiger partial charge is 0.225 e. The van der Waals surface area contributed by atoms with Gasteiger partial charge in [-0.3, -0.25) is 9.59 Å². The fraction of sp³-hybridized carbons (Fsp3) is 0.833. The van der Waals surface area contributed by atoms with Crippen LogP contribution < -0.4 is 5.32 Å². The predicted molar refractivity (Wildman–Crippen MR) is 62.1 cm³/mol. The molecule has 1 heterocycles. The molecule has 2 aliphatic rings. The lowest BCUT2D eigenvalue weighted by atomic mass is 10.1. The van der Waals surface area contributed by atoms with Gasteiger partial charge in [0.15, 0.2) is 0 Å². The number of carbonyl (C=O) groups excluding carboxylic acids is 2. The highest BCUT2D eigenvalue weighted by molar-refractivity contribution is 5.89. The van der Waals surface area contributed by atoms with Crippen molar-refractivity contribution in [2.45, 2.75) is 44.8 Å². The van der Waals surface area contributed by atoms with Crippen LogP contribution in [0.25, 0.3) is 0 Å². The third-order valence-electron chi connectivity index (χ3n) is 3.21. The molecule has 96 valence electrons. The quantitative estimate of drug-likeness (QED) is 0.720. The maximum absolute atomic E-state index is 11.8. The van der Waals surface area contributed by atoms with Gasteiger partial charge in [0.2, 0.25) is 11.8 Å². The second-order valence-electron chi connectivity index (χ2n) is 5.71. The Morgan fingerprint density at radius 1 is 1.53 bits per heavy atom. The Morgan fingerprint density at radius 3 is 2.71 bits per heavy atom. The lowest BCUT2D eigenvalue weighted by molar-refractivity contribution is -0.129. The van der Waals surface area contributed by atoms with Crippen molar-refractivity contribution in [3.05, 3.63) is 0 Å². The van der Waals surface area contributed by atoms with Crippen molar-refractivity contribution in [3.8, 4) is 0 Å². The molecule has 0 aromatic rings. The highest BCUT2D eigenvalue weighted by Crippen LogP contribution is 2.32. The number of likely N-dealkylation sites (tertiary alicyclic amines) is 1. The average molecular weight is 240 g/mol. The maximum atomic E-state index is 11.8. The van der Waals surface area contributed by atoms with Crippen LogP contribution in [-0.2, 0) is 9.59 Å². The first-order chi connectivity index (χ1) is 7.87. The van der Waals surface area contributed by atoms with E-state index in [0.717, 1.165) is 12.8 Å². The summed E-state index contributed by atoms with van der Waals surface area (Å²) in [5, 5.41) is 12.2. The highest BCUT2D eigenvalue weighted by atomic mass is 16.3. The largest absolute Gasteiger partial charge is 0.389 e. The van der Waals surface area contributed by atoms with Crippen molar-refractivity contribution in [2.24, 2.45) is 5.92 Å². The van der Waals surface area contributed by atoms with E-state index in [-0.39, 0.29) is 24.3 Å². The van der Waals surface area contributed by atoms with Gasteiger partial charge in [0.1, 0.15) is 0 Å². The number of hydrogen-bond acceptors (Lipinski definition) is 3. The van der Waals surface area contributed by atoms with Crippen LogP contribution in [0, 0.1) is 5.92 Å². The van der Waals surface area contributed by atoms with Gasteiger partial charge in [0, 0.05) is 25.6 Å². The molecule has 0 aromatic heterocycles. The van der Waals surface area contributed by atoms with E-state index in [4.69, 9.17) is 0 Å². The molecule has 5 nitrogen and oxygen atoms in total. The van der Waals surface area contributed by atoms with Crippen molar-refractivity contribution < 1.29 is 14.7 Å². The Labute approximate surface area is 101 Å². The zero-order chi connectivity index (χ0) is 12.6. The third kappa shape index (κ3) is 3.19. The first-order valence-corrected chi connectivity index (χ1v) is 6.16. The first-order valence-electron chi connectivity index (χ1n) is 6.16. The summed E-state index contributed by atoms with van der Waals surface area (Å²) >= 11 is 0. The molecule has 1 saturated heterocycles. The molecule has 2 fully saturated rings. The lowest BCUT2D eigenvalue weighted by Crippen LogP contribution is -2.41. The zero-order valence-corrected chi connectivity index (χ0v) is 10.4. The molecular formula is C12H20N2O3. The Balaban J connectivity index is 1.83. The van der Waals surface area contributed by atoms with E-state index < -0.39 is 5.60 Å². The van der Waals surface area contributed by atoms with Crippen LogP contribution in [0.1, 0.15) is 33.1 Å². The van der Waals surface area contributed by atoms with Gasteiger partial charge < -0.3 is 15.3 Å². The topological polar surface area (TPSA) is 69.6 Å². The Morgan fingerprint density at radius 2 is 2.18 bits per heavy atom. The van der Waals surface area contributed by atoms with Gasteiger partial charge in [-0.1, -0.05) is 0 Å². The van der Waals surface area contributed by atoms with Crippen LogP contribution in [0.3, 0.4) is 0 Å². The number of nitrogens with one attached hydrogen (secondary N) is 1. The van der Waals surface area contributed by atoms with Gasteiger partial charge in [-0.2, -0.15) is 0 Å². The molecule has 0 radical (unpaired) electrons. The number of rotatable bonds is 4. The van der Waals surface area contributed by atoms with E-state index in [0.29, 0.717) is 19.0 Å². The van der Waals surface area contributed by atoms with Crippen LogP contribution in [0.5, 0.6) is 0 Å². The molecule has 17 heavy (non-hydrogen) atoms. The minimum absolute atomic E-state index is 0.0934. The standard InChI is InChI=1S/C12H20N2O3/c1-12(2,17)7-13-11(16)8-5-10(15)14(6-8)9-3-4-9/h8-9,17H,3-7H2,1-2H3,(H,13,16). The number of hydrogen-bond donors (Lipinski definition) is 2. The minimum atomic E-state index is -0.908. The van der Waals surface area contributed by atoms with Crippen molar-refractivity contribution in [1.29, 1.82) is 0 Å². The van der Waals surface area contributed by atoms with E-state index in [2.05, 4.69) is 5.32 Å². The average Bonchev–Trinajstić information content (AvgIpc) is 2.98. The monoisotopic (exact) mass is 240 g/mol. The summed E-state index contributed by atoms with van der Waals surface area (Å²) in [6.45, 7) is 4.05. The summed E-state index contributed by atoms with van der Waals surface area (Å²) in [5.41, 5.74) is -0.908. The molecule has 2 amide bonds. The van der Waals surface area contributed by atoms with Crippen LogP contribution in [0.15, 0.2) is 0 Å². The fourth-order valence-electron chi connectivity index (χ4n) is 2.09. The lowest BCUT2D eigenvalue weighted by Gasteiger charge is -2.19. The first kappa shape index (κ1) is 12.4. The Bertz CT molecular complexity index is 331. The molecule has 2 N–H and O–H groups in total. The fourth-order valence-corrected chi connectivity index (χ4v) is 2.09. The van der Waals surface area contributed by atoms with Gasteiger partial charge in [0.25, 0.3) is 0 Å². The van der Waals surface area contributed by atoms with E-state index in [9.17, 15) is 14.7 Å². The molecule has 0 bridgehead atoms. The van der Waals surface area contributed by atoms with Crippen LogP contribution >= 0.6 is 0 Å². The Hall–Kier alpha value is -1.10. The third-order valence-corrected chi connectivity index (χ3v) is 3.21. The molecule has 1 atom stereocenters. The van der Waals surface area contributed by atoms with Crippen molar-refractivity contribution in [1.82, 2.24) is 10.2 Å². The van der Waals surface area contributed by atoms with Crippen LogP contribution in [0.4, 0.5) is 0 Å². The summed E-state index contributed by atoms with van der Waals surface area (Å²) in [5.74, 6) is -0.273. The van der Waals surface area contributed by atoms with Gasteiger partial charge >= 0.3 is 0 Å². The second-order valence-corrected chi connectivity index (χ2v) is 5.71. The van der Waals surface area contributed by atoms with Crippen molar-refractivity contribution >= 4 is 11.8 Å². The molecule has 1 aliphatic carbocycles. The number of aliphatic hydroxyl groups is 1. The second kappa shape index (κ2) is 4.29. The van der Waals surface area contributed by atoms with E-state index in [1.54, 1.807) is 13.8 Å². The summed E-state index contributed by atoms with van der Waals surface area (Å²) in [6.07, 6.45) is 2.46. The summed E-state index contributed by atoms with van der Waals surface area (Å²) in [7, 11) is 0. The molecule has 5 heteroatoms. The Kier molecular flexibility index (Phi) is 3.12. The van der Waals surface area contributed by atoms with Crippen molar-refractivity contribution in [2.75, 3.05) is 13.1 Å². The molecule has 1 aliphatic heterocycles.